The second-order valence-corrected chi connectivity index (χ2v) is 4.54. The molecule has 0 bridgehead atoms. The van der Waals surface area contributed by atoms with Gasteiger partial charge in [0.2, 0.25) is 0 Å². The average molecular weight is 285 g/mol. The fourth-order valence-corrected chi connectivity index (χ4v) is 1.68. The minimum absolute atomic E-state index is 0.244. The normalized spacial score (nSPS) is 11.7. The molecule has 0 radical (unpaired) electrons. The Bertz CT molecular complexity index is 561. The van der Waals surface area contributed by atoms with Crippen LogP contribution in [-0.4, -0.2) is 22.6 Å². The molecule has 20 heavy (non-hydrogen) atoms. The molecule has 2 N–H and O–H groups in total. The predicted molar refractivity (Wildman–Crippen MR) is 69.5 cm³/mol. The lowest BCUT2D eigenvalue weighted by Crippen LogP contribution is -2.16. The maximum absolute atomic E-state index is 12.0. The van der Waals surface area contributed by atoms with Gasteiger partial charge in [0.1, 0.15) is 11.6 Å². The highest BCUT2D eigenvalue weighted by atomic mass is 19.4. The van der Waals surface area contributed by atoms with E-state index in [2.05, 4.69) is 20.3 Å². The summed E-state index contributed by atoms with van der Waals surface area (Å²) in [6.45, 7) is 3.97. The number of nitrogens with one attached hydrogen (secondary N) is 2. The summed E-state index contributed by atoms with van der Waals surface area (Å²) < 4.78 is 39.9. The number of rotatable bonds is 4. The molecule has 0 aliphatic heterocycles. The van der Waals surface area contributed by atoms with Crippen LogP contribution in [0, 0.1) is 0 Å². The van der Waals surface area contributed by atoms with Crippen LogP contribution in [0.4, 0.5) is 19.0 Å². The first-order valence-corrected chi connectivity index (χ1v) is 6.01. The lowest BCUT2D eigenvalue weighted by Gasteiger charge is -2.08. The summed E-state index contributed by atoms with van der Waals surface area (Å²) in [5.74, 6) is 0.437. The van der Waals surface area contributed by atoms with Crippen molar-refractivity contribution in [3.8, 4) is 17.0 Å². The van der Waals surface area contributed by atoms with E-state index in [1.165, 1.54) is 24.3 Å². The van der Waals surface area contributed by atoms with Crippen molar-refractivity contribution in [3.63, 3.8) is 0 Å². The van der Waals surface area contributed by atoms with Crippen molar-refractivity contribution in [3.05, 3.63) is 30.3 Å². The van der Waals surface area contributed by atoms with Crippen LogP contribution in [0.2, 0.25) is 0 Å². The van der Waals surface area contributed by atoms with Gasteiger partial charge in [0, 0.05) is 12.1 Å². The topological polar surface area (TPSA) is 49.9 Å². The molecule has 0 saturated carbocycles. The molecule has 2 rings (SSSR count). The molecule has 4 nitrogen and oxygen atoms in total. The number of halogens is 3. The maximum atomic E-state index is 12.0. The van der Waals surface area contributed by atoms with Gasteiger partial charge in [-0.05, 0) is 43.7 Å². The van der Waals surface area contributed by atoms with E-state index < -0.39 is 6.36 Å². The monoisotopic (exact) mass is 285 g/mol. The van der Waals surface area contributed by atoms with Crippen molar-refractivity contribution in [2.45, 2.75) is 26.3 Å². The van der Waals surface area contributed by atoms with E-state index in [9.17, 15) is 13.2 Å². The van der Waals surface area contributed by atoms with Crippen molar-refractivity contribution >= 4 is 5.82 Å². The third kappa shape index (κ3) is 3.91. The van der Waals surface area contributed by atoms with Crippen LogP contribution >= 0.6 is 0 Å². The Balaban J connectivity index is 2.11. The van der Waals surface area contributed by atoms with E-state index >= 15 is 0 Å². The van der Waals surface area contributed by atoms with Crippen LogP contribution < -0.4 is 10.1 Å². The number of aromatic amines is 1. The summed E-state index contributed by atoms with van der Waals surface area (Å²) in [6.07, 6.45) is -4.68. The standard InChI is InChI=1S/C13H14F3N3O/c1-8(2)17-12-7-11(18-19-12)9-3-5-10(6-4-9)20-13(14,15)16/h3-8H,1-2H3,(H2,17,18,19). The molecule has 108 valence electrons. The predicted octanol–water partition coefficient (Wildman–Crippen LogP) is 3.80. The number of benzene rings is 1. The molecule has 0 spiro atoms. The summed E-state index contributed by atoms with van der Waals surface area (Å²) in [5, 5.41) is 10.0. The molecule has 0 amide bonds. The number of anilines is 1. The van der Waals surface area contributed by atoms with E-state index in [-0.39, 0.29) is 11.8 Å². The van der Waals surface area contributed by atoms with E-state index in [4.69, 9.17) is 0 Å². The number of alkyl halides is 3. The number of aromatic nitrogens is 2. The SMILES string of the molecule is CC(C)Nc1cc(-c2ccc(OC(F)(F)F)cc2)[nH]n1. The number of hydrogen-bond acceptors (Lipinski definition) is 3. The average Bonchev–Trinajstić information content (AvgIpc) is 2.75. The van der Waals surface area contributed by atoms with Gasteiger partial charge in [-0.15, -0.1) is 13.2 Å². The van der Waals surface area contributed by atoms with E-state index in [1.54, 1.807) is 6.07 Å². The second-order valence-electron chi connectivity index (χ2n) is 4.54. The molecule has 0 atom stereocenters. The van der Waals surface area contributed by atoms with Gasteiger partial charge in [-0.2, -0.15) is 5.10 Å². The van der Waals surface area contributed by atoms with Gasteiger partial charge in [0.25, 0.3) is 0 Å². The molecule has 0 aliphatic rings. The van der Waals surface area contributed by atoms with Crippen molar-refractivity contribution in [1.29, 1.82) is 0 Å². The highest BCUT2D eigenvalue weighted by Gasteiger charge is 2.30. The van der Waals surface area contributed by atoms with Crippen molar-refractivity contribution in [1.82, 2.24) is 10.2 Å². The number of hydrogen-bond donors (Lipinski definition) is 2. The van der Waals surface area contributed by atoms with Crippen molar-refractivity contribution in [2.24, 2.45) is 0 Å². The fraction of sp³-hybridized carbons (Fsp3) is 0.308. The smallest absolute Gasteiger partial charge is 0.406 e. The van der Waals surface area contributed by atoms with Crippen LogP contribution in [0.3, 0.4) is 0 Å². The minimum Gasteiger partial charge on any atom is -0.406 e. The van der Waals surface area contributed by atoms with Crippen LogP contribution in [0.1, 0.15) is 13.8 Å². The molecule has 1 heterocycles. The Labute approximate surface area is 114 Å². The molecule has 0 saturated heterocycles. The number of nitrogens with zero attached hydrogens (tertiary/aromatic N) is 1. The number of ether oxygens (including phenoxy) is 1. The summed E-state index contributed by atoms with van der Waals surface area (Å²) in [7, 11) is 0. The van der Waals surface area contributed by atoms with Crippen molar-refractivity contribution < 1.29 is 17.9 Å². The van der Waals surface area contributed by atoms with Gasteiger partial charge >= 0.3 is 6.36 Å². The molecule has 0 fully saturated rings. The Hall–Kier alpha value is -2.18. The minimum atomic E-state index is -4.68. The Kier molecular flexibility index (Phi) is 3.87. The summed E-state index contributed by atoms with van der Waals surface area (Å²) in [5.41, 5.74) is 1.44. The first-order valence-electron chi connectivity index (χ1n) is 6.01. The molecule has 0 unspecified atom stereocenters. The third-order valence-electron chi connectivity index (χ3n) is 2.41. The summed E-state index contributed by atoms with van der Waals surface area (Å²) in [4.78, 5) is 0. The van der Waals surface area contributed by atoms with Gasteiger partial charge in [-0.3, -0.25) is 5.10 Å². The lowest BCUT2D eigenvalue weighted by molar-refractivity contribution is -0.274. The van der Waals surface area contributed by atoms with Gasteiger partial charge in [-0.1, -0.05) is 0 Å². The molecule has 7 heteroatoms. The highest BCUT2D eigenvalue weighted by molar-refractivity contribution is 5.63. The first kappa shape index (κ1) is 14.2. The first-order chi connectivity index (χ1) is 9.33. The number of H-pyrrole nitrogens is 1. The molecule has 1 aromatic carbocycles. The van der Waals surface area contributed by atoms with Gasteiger partial charge < -0.3 is 10.1 Å². The van der Waals surface area contributed by atoms with E-state index in [0.717, 1.165) is 5.56 Å². The zero-order chi connectivity index (χ0) is 14.8. The Morgan fingerprint density at radius 3 is 2.40 bits per heavy atom. The Morgan fingerprint density at radius 2 is 1.85 bits per heavy atom. The summed E-state index contributed by atoms with van der Waals surface area (Å²) in [6, 6.07) is 7.63. The highest BCUT2D eigenvalue weighted by Crippen LogP contribution is 2.26. The zero-order valence-electron chi connectivity index (χ0n) is 11.0. The quantitative estimate of drug-likeness (QED) is 0.898. The van der Waals surface area contributed by atoms with E-state index in [1.807, 2.05) is 13.8 Å². The molecular formula is C13H14F3N3O. The molecule has 0 aliphatic carbocycles. The van der Waals surface area contributed by atoms with Crippen LogP contribution in [-0.2, 0) is 0 Å². The zero-order valence-corrected chi connectivity index (χ0v) is 11.0. The van der Waals surface area contributed by atoms with Crippen LogP contribution in [0.5, 0.6) is 5.75 Å². The lowest BCUT2D eigenvalue weighted by atomic mass is 10.1. The Morgan fingerprint density at radius 1 is 1.20 bits per heavy atom. The van der Waals surface area contributed by atoms with Crippen LogP contribution in [0.15, 0.2) is 30.3 Å². The fourth-order valence-electron chi connectivity index (χ4n) is 1.68. The second kappa shape index (κ2) is 5.44. The maximum Gasteiger partial charge on any atom is 0.573 e. The van der Waals surface area contributed by atoms with Gasteiger partial charge in [0.15, 0.2) is 0 Å². The largest absolute Gasteiger partial charge is 0.573 e. The van der Waals surface area contributed by atoms with Gasteiger partial charge in [-0.25, -0.2) is 0 Å². The summed E-state index contributed by atoms with van der Waals surface area (Å²) >= 11 is 0. The van der Waals surface area contributed by atoms with Crippen molar-refractivity contribution in [2.75, 3.05) is 5.32 Å². The molecule has 2 aromatic rings. The third-order valence-corrected chi connectivity index (χ3v) is 2.41. The van der Waals surface area contributed by atoms with Gasteiger partial charge in [0.05, 0.1) is 5.69 Å². The van der Waals surface area contributed by atoms with E-state index in [0.29, 0.717) is 11.5 Å². The molecular weight excluding hydrogens is 271 g/mol. The molecule has 1 aromatic heterocycles. The van der Waals surface area contributed by atoms with Crippen LogP contribution in [0.25, 0.3) is 11.3 Å².